The molecule has 0 bridgehead atoms. The lowest BCUT2D eigenvalue weighted by Crippen LogP contribution is -2.64. The zero-order chi connectivity index (χ0) is 15.3. The van der Waals surface area contributed by atoms with Gasteiger partial charge in [-0.2, -0.15) is 11.8 Å². The maximum Gasteiger partial charge on any atom is 0.246 e. The molecule has 0 aliphatic carbocycles. The SMILES string of the molecule is CCC(C)C1NC(=O)C(CC)N(CCC(C)SC)C1=O. The van der Waals surface area contributed by atoms with E-state index in [9.17, 15) is 9.59 Å². The van der Waals surface area contributed by atoms with Crippen LogP contribution in [0.4, 0.5) is 0 Å². The number of piperazine rings is 1. The second-order valence-corrected chi connectivity index (χ2v) is 6.94. The first-order valence-electron chi connectivity index (χ1n) is 7.59. The van der Waals surface area contributed by atoms with Gasteiger partial charge in [0, 0.05) is 11.8 Å². The lowest BCUT2D eigenvalue weighted by molar-refractivity contribution is -0.151. The number of amides is 2. The van der Waals surface area contributed by atoms with Gasteiger partial charge in [-0.05, 0) is 25.0 Å². The Balaban J connectivity index is 2.83. The molecule has 2 amide bonds. The van der Waals surface area contributed by atoms with Gasteiger partial charge in [0.05, 0.1) is 0 Å². The van der Waals surface area contributed by atoms with Crippen molar-refractivity contribution in [3.63, 3.8) is 0 Å². The van der Waals surface area contributed by atoms with E-state index in [0.29, 0.717) is 18.2 Å². The topological polar surface area (TPSA) is 49.4 Å². The van der Waals surface area contributed by atoms with E-state index >= 15 is 0 Å². The van der Waals surface area contributed by atoms with Crippen LogP contribution in [0, 0.1) is 5.92 Å². The average Bonchev–Trinajstić information content (AvgIpc) is 2.46. The number of carbonyl (C=O) groups is 2. The maximum absolute atomic E-state index is 12.6. The van der Waals surface area contributed by atoms with Crippen LogP contribution in [-0.4, -0.2) is 46.8 Å². The van der Waals surface area contributed by atoms with Gasteiger partial charge >= 0.3 is 0 Å². The Hall–Kier alpha value is -0.710. The monoisotopic (exact) mass is 300 g/mol. The van der Waals surface area contributed by atoms with E-state index in [1.165, 1.54) is 0 Å². The van der Waals surface area contributed by atoms with Gasteiger partial charge in [0.15, 0.2) is 0 Å². The van der Waals surface area contributed by atoms with E-state index < -0.39 is 0 Å². The number of rotatable bonds is 7. The highest BCUT2D eigenvalue weighted by Gasteiger charge is 2.41. The predicted molar refractivity (Wildman–Crippen MR) is 84.8 cm³/mol. The molecule has 0 aromatic carbocycles. The molecule has 0 aromatic heterocycles. The Morgan fingerprint density at radius 3 is 2.45 bits per heavy atom. The summed E-state index contributed by atoms with van der Waals surface area (Å²) in [5.41, 5.74) is 0. The van der Waals surface area contributed by atoms with Crippen molar-refractivity contribution in [1.29, 1.82) is 0 Å². The summed E-state index contributed by atoms with van der Waals surface area (Å²) in [5, 5.41) is 3.42. The van der Waals surface area contributed by atoms with Gasteiger partial charge in [-0.15, -0.1) is 0 Å². The molecule has 5 heteroatoms. The van der Waals surface area contributed by atoms with E-state index in [-0.39, 0.29) is 29.8 Å². The third-order valence-electron chi connectivity index (χ3n) is 4.30. The van der Waals surface area contributed by atoms with Crippen molar-refractivity contribution in [3.8, 4) is 0 Å². The molecular weight excluding hydrogens is 272 g/mol. The van der Waals surface area contributed by atoms with Gasteiger partial charge in [-0.3, -0.25) is 9.59 Å². The minimum atomic E-state index is -0.347. The minimum absolute atomic E-state index is 0.00852. The van der Waals surface area contributed by atoms with Crippen molar-refractivity contribution < 1.29 is 9.59 Å². The number of hydrogen-bond donors (Lipinski definition) is 1. The summed E-state index contributed by atoms with van der Waals surface area (Å²) < 4.78 is 0. The summed E-state index contributed by atoms with van der Waals surface area (Å²) >= 11 is 1.80. The summed E-state index contributed by atoms with van der Waals surface area (Å²) in [6.45, 7) is 8.88. The molecule has 0 spiro atoms. The molecule has 0 saturated carbocycles. The number of thioether (sulfide) groups is 1. The van der Waals surface area contributed by atoms with Crippen LogP contribution in [0.2, 0.25) is 0 Å². The third kappa shape index (κ3) is 3.90. The highest BCUT2D eigenvalue weighted by Crippen LogP contribution is 2.21. The van der Waals surface area contributed by atoms with Gasteiger partial charge in [-0.1, -0.05) is 34.1 Å². The first-order chi connectivity index (χ1) is 9.46. The van der Waals surface area contributed by atoms with Crippen LogP contribution in [0.3, 0.4) is 0 Å². The highest BCUT2D eigenvalue weighted by atomic mass is 32.2. The second-order valence-electron chi connectivity index (χ2n) is 5.66. The number of carbonyl (C=O) groups excluding carboxylic acids is 2. The van der Waals surface area contributed by atoms with Gasteiger partial charge in [0.2, 0.25) is 11.8 Å². The Morgan fingerprint density at radius 1 is 1.30 bits per heavy atom. The first kappa shape index (κ1) is 17.3. The summed E-state index contributed by atoms with van der Waals surface area (Å²) in [6.07, 6.45) is 4.58. The Kier molecular flexibility index (Phi) is 6.86. The number of hydrogen-bond acceptors (Lipinski definition) is 3. The molecule has 1 fully saturated rings. The molecule has 4 atom stereocenters. The fourth-order valence-electron chi connectivity index (χ4n) is 2.52. The number of nitrogens with zero attached hydrogens (tertiary/aromatic N) is 1. The zero-order valence-electron chi connectivity index (χ0n) is 13.3. The van der Waals surface area contributed by atoms with Crippen molar-refractivity contribution in [2.45, 2.75) is 64.3 Å². The predicted octanol–water partition coefficient (Wildman–Crippen LogP) is 2.28. The highest BCUT2D eigenvalue weighted by molar-refractivity contribution is 7.99. The zero-order valence-corrected chi connectivity index (χ0v) is 14.1. The molecule has 116 valence electrons. The smallest absolute Gasteiger partial charge is 0.246 e. The molecule has 0 radical (unpaired) electrons. The first-order valence-corrected chi connectivity index (χ1v) is 8.88. The van der Waals surface area contributed by atoms with Gasteiger partial charge in [-0.25, -0.2) is 0 Å². The molecule has 1 rings (SSSR count). The summed E-state index contributed by atoms with van der Waals surface area (Å²) in [4.78, 5) is 26.7. The Morgan fingerprint density at radius 2 is 1.95 bits per heavy atom. The fraction of sp³-hybridized carbons (Fsp3) is 0.867. The summed E-state index contributed by atoms with van der Waals surface area (Å²) in [5.74, 6) is 0.290. The summed E-state index contributed by atoms with van der Waals surface area (Å²) in [7, 11) is 0. The van der Waals surface area contributed by atoms with Gasteiger partial charge < -0.3 is 10.2 Å². The molecule has 1 aliphatic heterocycles. The fourth-order valence-corrected chi connectivity index (χ4v) is 2.86. The maximum atomic E-state index is 12.6. The van der Waals surface area contributed by atoms with Crippen LogP contribution in [0.15, 0.2) is 0 Å². The van der Waals surface area contributed by atoms with Crippen molar-refractivity contribution in [3.05, 3.63) is 0 Å². The lowest BCUT2D eigenvalue weighted by Gasteiger charge is -2.40. The number of nitrogens with one attached hydrogen (secondary N) is 1. The third-order valence-corrected chi connectivity index (χ3v) is 5.34. The van der Waals surface area contributed by atoms with Crippen LogP contribution < -0.4 is 5.32 Å². The van der Waals surface area contributed by atoms with E-state index in [1.807, 2.05) is 18.7 Å². The van der Waals surface area contributed by atoms with Crippen LogP contribution in [0.5, 0.6) is 0 Å². The molecule has 0 aromatic rings. The van der Waals surface area contributed by atoms with Crippen molar-refractivity contribution in [1.82, 2.24) is 10.2 Å². The largest absolute Gasteiger partial charge is 0.342 e. The lowest BCUT2D eigenvalue weighted by atomic mass is 9.93. The van der Waals surface area contributed by atoms with Crippen LogP contribution in [0.1, 0.15) is 47.0 Å². The quantitative estimate of drug-likeness (QED) is 0.785. The van der Waals surface area contributed by atoms with Crippen LogP contribution in [-0.2, 0) is 9.59 Å². The average molecular weight is 300 g/mol. The minimum Gasteiger partial charge on any atom is -0.342 e. The van der Waals surface area contributed by atoms with E-state index in [0.717, 1.165) is 12.8 Å². The normalized spacial score (nSPS) is 26.4. The van der Waals surface area contributed by atoms with E-state index in [2.05, 4.69) is 25.4 Å². The standard InChI is InChI=1S/C15H28N2O2S/c1-6-10(3)13-15(19)17(9-8-11(4)20-5)12(7-2)14(18)16-13/h10-13H,6-9H2,1-5H3,(H,16,18). The second kappa shape index (κ2) is 7.91. The van der Waals surface area contributed by atoms with Crippen LogP contribution in [0.25, 0.3) is 0 Å². The van der Waals surface area contributed by atoms with Crippen molar-refractivity contribution in [2.24, 2.45) is 5.92 Å². The Bertz CT molecular complexity index is 349. The molecule has 20 heavy (non-hydrogen) atoms. The molecule has 1 saturated heterocycles. The molecule has 4 unspecified atom stereocenters. The Labute approximate surface area is 127 Å². The molecule has 4 nitrogen and oxygen atoms in total. The molecular formula is C15H28N2O2S. The van der Waals surface area contributed by atoms with Gasteiger partial charge in [0.1, 0.15) is 12.1 Å². The molecule has 1 N–H and O–H groups in total. The van der Waals surface area contributed by atoms with E-state index in [4.69, 9.17) is 0 Å². The summed E-state index contributed by atoms with van der Waals surface area (Å²) in [6, 6.07) is -0.642. The van der Waals surface area contributed by atoms with Gasteiger partial charge in [0.25, 0.3) is 0 Å². The molecule has 1 heterocycles. The van der Waals surface area contributed by atoms with Crippen molar-refractivity contribution >= 4 is 23.6 Å². The molecule has 1 aliphatic rings. The van der Waals surface area contributed by atoms with Crippen LogP contribution >= 0.6 is 11.8 Å². The van der Waals surface area contributed by atoms with Crippen molar-refractivity contribution in [2.75, 3.05) is 12.8 Å². The van der Waals surface area contributed by atoms with E-state index in [1.54, 1.807) is 11.8 Å².